The largest absolute Gasteiger partial charge is 0.375 e. The molecule has 1 atom stereocenters. The summed E-state index contributed by atoms with van der Waals surface area (Å²) in [5, 5.41) is 3.47. The maximum absolute atomic E-state index is 6.23. The number of nitrogens with one attached hydrogen (secondary N) is 1. The molecule has 4 heterocycles. The second-order valence-electron chi connectivity index (χ2n) is 7.16. The summed E-state index contributed by atoms with van der Waals surface area (Å²) in [5.41, 5.74) is 1.42. The van der Waals surface area contributed by atoms with Gasteiger partial charge in [-0.3, -0.25) is 9.88 Å². The Labute approximate surface area is 139 Å². The molecule has 1 spiro atoms. The van der Waals surface area contributed by atoms with Crippen molar-refractivity contribution in [3.8, 4) is 0 Å². The smallest absolute Gasteiger partial charge is 0.0721 e. The number of hydrogen-bond donors (Lipinski definition) is 1. The van der Waals surface area contributed by atoms with Gasteiger partial charge in [-0.2, -0.15) is 0 Å². The van der Waals surface area contributed by atoms with Crippen molar-refractivity contribution < 1.29 is 4.74 Å². The summed E-state index contributed by atoms with van der Waals surface area (Å²) in [6, 6.07) is 4.90. The summed E-state index contributed by atoms with van der Waals surface area (Å²) < 4.78 is 6.23. The zero-order valence-electron chi connectivity index (χ0n) is 13.9. The van der Waals surface area contributed by atoms with E-state index in [2.05, 4.69) is 26.2 Å². The number of nitrogens with zero attached hydrogens (tertiary/aromatic N) is 3. The highest BCUT2D eigenvalue weighted by molar-refractivity contribution is 5.44. The van der Waals surface area contributed by atoms with Gasteiger partial charge in [0.2, 0.25) is 0 Å². The first-order chi connectivity index (χ1) is 11.3. The van der Waals surface area contributed by atoms with Crippen molar-refractivity contribution in [1.82, 2.24) is 15.2 Å². The zero-order valence-corrected chi connectivity index (χ0v) is 13.9. The van der Waals surface area contributed by atoms with Crippen LogP contribution in [0, 0.1) is 0 Å². The first-order valence-electron chi connectivity index (χ1n) is 9.08. The highest BCUT2D eigenvalue weighted by Gasteiger charge is 2.40. The quantitative estimate of drug-likeness (QED) is 0.895. The number of rotatable bonds is 2. The molecule has 0 aliphatic carbocycles. The van der Waals surface area contributed by atoms with E-state index in [1.807, 2.05) is 18.5 Å². The summed E-state index contributed by atoms with van der Waals surface area (Å²) in [4.78, 5) is 9.42. The van der Waals surface area contributed by atoms with E-state index < -0.39 is 0 Å². The van der Waals surface area contributed by atoms with Crippen molar-refractivity contribution in [1.29, 1.82) is 0 Å². The standard InChI is InChI=1S/C18H28N4O/c1-2-17(15-20-6-1)22-11-9-21(10-12-22)16-3-13-23-18(14-16)4-7-19-8-5-18/h1-2,6,15-16,19H,3-5,7-14H2. The summed E-state index contributed by atoms with van der Waals surface area (Å²) in [6.45, 7) is 7.70. The van der Waals surface area contributed by atoms with Crippen LogP contribution in [0.3, 0.4) is 0 Å². The highest BCUT2D eigenvalue weighted by Crippen LogP contribution is 2.35. The number of piperazine rings is 1. The van der Waals surface area contributed by atoms with Gasteiger partial charge in [-0.25, -0.2) is 0 Å². The summed E-state index contributed by atoms with van der Waals surface area (Å²) >= 11 is 0. The van der Waals surface area contributed by atoms with Gasteiger partial charge in [0.25, 0.3) is 0 Å². The SMILES string of the molecule is c1cncc(N2CCN(C3CCOC4(CCNCC4)C3)CC2)c1. The predicted octanol–water partition coefficient (Wildman–Crippen LogP) is 1.50. The van der Waals surface area contributed by atoms with E-state index in [9.17, 15) is 0 Å². The van der Waals surface area contributed by atoms with Crippen LogP contribution in [0.5, 0.6) is 0 Å². The lowest BCUT2D eigenvalue weighted by Gasteiger charge is -2.48. The Morgan fingerprint density at radius 3 is 2.74 bits per heavy atom. The second-order valence-corrected chi connectivity index (χ2v) is 7.16. The molecule has 0 bridgehead atoms. The molecule has 0 amide bonds. The second kappa shape index (κ2) is 6.75. The van der Waals surface area contributed by atoms with Gasteiger partial charge in [0.05, 0.1) is 17.5 Å². The topological polar surface area (TPSA) is 40.6 Å². The molecular weight excluding hydrogens is 288 g/mol. The van der Waals surface area contributed by atoms with Gasteiger partial charge in [-0.05, 0) is 50.9 Å². The van der Waals surface area contributed by atoms with Crippen LogP contribution in [0.15, 0.2) is 24.5 Å². The van der Waals surface area contributed by atoms with Crippen LogP contribution in [0.1, 0.15) is 25.7 Å². The highest BCUT2D eigenvalue weighted by atomic mass is 16.5. The third-order valence-corrected chi connectivity index (χ3v) is 5.82. The van der Waals surface area contributed by atoms with Crippen LogP contribution in [0.2, 0.25) is 0 Å². The molecule has 0 aromatic carbocycles. The lowest BCUT2D eigenvalue weighted by Crippen LogP contribution is -2.56. The Morgan fingerprint density at radius 2 is 2.00 bits per heavy atom. The molecule has 1 aromatic rings. The molecule has 1 aromatic heterocycles. The van der Waals surface area contributed by atoms with Crippen LogP contribution in [-0.2, 0) is 4.74 Å². The molecule has 3 saturated heterocycles. The monoisotopic (exact) mass is 316 g/mol. The molecule has 3 fully saturated rings. The molecule has 5 heteroatoms. The number of hydrogen-bond acceptors (Lipinski definition) is 5. The Bertz CT molecular complexity index is 489. The average Bonchev–Trinajstić information content (AvgIpc) is 2.63. The van der Waals surface area contributed by atoms with Gasteiger partial charge < -0.3 is 15.0 Å². The minimum atomic E-state index is 0.161. The maximum atomic E-state index is 6.23. The van der Waals surface area contributed by atoms with E-state index in [1.54, 1.807) is 0 Å². The van der Waals surface area contributed by atoms with Crippen molar-refractivity contribution in [3.05, 3.63) is 24.5 Å². The van der Waals surface area contributed by atoms with Gasteiger partial charge in [0, 0.05) is 45.0 Å². The number of anilines is 1. The van der Waals surface area contributed by atoms with Gasteiger partial charge in [0.15, 0.2) is 0 Å². The zero-order chi connectivity index (χ0) is 15.5. The molecule has 126 valence electrons. The molecule has 3 aliphatic rings. The van der Waals surface area contributed by atoms with E-state index >= 15 is 0 Å². The van der Waals surface area contributed by atoms with Crippen LogP contribution in [-0.4, -0.2) is 67.4 Å². The fourth-order valence-corrected chi connectivity index (χ4v) is 4.43. The predicted molar refractivity (Wildman–Crippen MR) is 91.8 cm³/mol. The normalized spacial score (nSPS) is 28.9. The van der Waals surface area contributed by atoms with E-state index in [4.69, 9.17) is 4.74 Å². The van der Waals surface area contributed by atoms with Crippen molar-refractivity contribution in [3.63, 3.8) is 0 Å². The fourth-order valence-electron chi connectivity index (χ4n) is 4.43. The molecular formula is C18H28N4O. The Hall–Kier alpha value is -1.17. The molecule has 3 aliphatic heterocycles. The summed E-state index contributed by atoms with van der Waals surface area (Å²) in [6.07, 6.45) is 8.61. The molecule has 1 N–H and O–H groups in total. The first-order valence-corrected chi connectivity index (χ1v) is 9.08. The number of piperidine rings is 1. The Kier molecular flexibility index (Phi) is 4.51. The van der Waals surface area contributed by atoms with Crippen LogP contribution in [0.25, 0.3) is 0 Å². The molecule has 5 nitrogen and oxygen atoms in total. The number of pyridine rings is 1. The third kappa shape index (κ3) is 3.37. The minimum absolute atomic E-state index is 0.161. The lowest BCUT2D eigenvalue weighted by atomic mass is 9.82. The third-order valence-electron chi connectivity index (χ3n) is 5.82. The van der Waals surface area contributed by atoms with E-state index in [1.165, 1.54) is 31.4 Å². The molecule has 0 radical (unpaired) electrons. The molecule has 23 heavy (non-hydrogen) atoms. The summed E-state index contributed by atoms with van der Waals surface area (Å²) in [5.74, 6) is 0. The Balaban J connectivity index is 1.35. The maximum Gasteiger partial charge on any atom is 0.0721 e. The van der Waals surface area contributed by atoms with Gasteiger partial charge in [-0.15, -0.1) is 0 Å². The molecule has 1 unspecified atom stereocenters. The molecule has 4 rings (SSSR count). The van der Waals surface area contributed by atoms with Crippen LogP contribution < -0.4 is 10.2 Å². The first kappa shape index (κ1) is 15.4. The van der Waals surface area contributed by atoms with E-state index in [0.717, 1.165) is 45.9 Å². The van der Waals surface area contributed by atoms with Gasteiger partial charge >= 0.3 is 0 Å². The minimum Gasteiger partial charge on any atom is -0.375 e. The number of ether oxygens (including phenoxy) is 1. The van der Waals surface area contributed by atoms with Crippen LogP contribution >= 0.6 is 0 Å². The van der Waals surface area contributed by atoms with Gasteiger partial charge in [-0.1, -0.05) is 0 Å². The van der Waals surface area contributed by atoms with E-state index in [-0.39, 0.29) is 5.60 Å². The van der Waals surface area contributed by atoms with Crippen molar-refractivity contribution in [2.45, 2.75) is 37.3 Å². The van der Waals surface area contributed by atoms with Crippen molar-refractivity contribution >= 4 is 5.69 Å². The Morgan fingerprint density at radius 1 is 1.17 bits per heavy atom. The van der Waals surface area contributed by atoms with Crippen LogP contribution in [0.4, 0.5) is 5.69 Å². The fraction of sp³-hybridized carbons (Fsp3) is 0.722. The lowest BCUT2D eigenvalue weighted by molar-refractivity contribution is -0.121. The van der Waals surface area contributed by atoms with Gasteiger partial charge in [0.1, 0.15) is 0 Å². The number of aromatic nitrogens is 1. The average molecular weight is 316 g/mol. The summed E-state index contributed by atoms with van der Waals surface area (Å²) in [7, 11) is 0. The van der Waals surface area contributed by atoms with Crippen molar-refractivity contribution in [2.24, 2.45) is 0 Å². The molecule has 0 saturated carbocycles. The van der Waals surface area contributed by atoms with E-state index in [0.29, 0.717) is 6.04 Å². The van der Waals surface area contributed by atoms with Crippen molar-refractivity contribution in [2.75, 3.05) is 50.8 Å².